The lowest BCUT2D eigenvalue weighted by atomic mass is 9.86. The molecule has 0 saturated carbocycles. The van der Waals surface area contributed by atoms with E-state index in [9.17, 15) is 14.4 Å². The summed E-state index contributed by atoms with van der Waals surface area (Å²) < 4.78 is 0. The molecule has 0 unspecified atom stereocenters. The van der Waals surface area contributed by atoms with E-state index in [1.54, 1.807) is 12.1 Å². The molecule has 34 heavy (non-hydrogen) atoms. The molecular formula is C29H24N2O3. The van der Waals surface area contributed by atoms with Crippen molar-refractivity contribution in [1.29, 1.82) is 0 Å². The van der Waals surface area contributed by atoms with Gasteiger partial charge in [0, 0.05) is 17.8 Å². The maximum Gasteiger partial charge on any atom is 0.235 e. The van der Waals surface area contributed by atoms with Crippen molar-refractivity contribution in [2.45, 2.75) is 18.5 Å². The molecule has 3 aromatic rings. The highest BCUT2D eigenvalue weighted by Crippen LogP contribution is 2.49. The maximum absolute atomic E-state index is 13.8. The molecule has 0 spiro atoms. The van der Waals surface area contributed by atoms with Crippen LogP contribution in [0.25, 0.3) is 6.08 Å². The van der Waals surface area contributed by atoms with Crippen LogP contribution in [0.15, 0.2) is 91.0 Å². The number of carbonyl (C=O) groups excluding carboxylic acids is 3. The lowest BCUT2D eigenvalue weighted by Crippen LogP contribution is -2.49. The number of carbonyl (C=O) groups is 3. The Hall–Kier alpha value is -3.99. The lowest BCUT2D eigenvalue weighted by molar-refractivity contribution is -0.140. The van der Waals surface area contributed by atoms with Gasteiger partial charge < -0.3 is 4.90 Å². The van der Waals surface area contributed by atoms with Crippen molar-refractivity contribution in [2.75, 3.05) is 11.4 Å². The smallest absolute Gasteiger partial charge is 0.235 e. The van der Waals surface area contributed by atoms with E-state index in [-0.39, 0.29) is 23.6 Å². The summed E-state index contributed by atoms with van der Waals surface area (Å²) in [5.41, 5.74) is 3.52. The number of rotatable bonds is 5. The predicted octanol–water partition coefficient (Wildman–Crippen LogP) is 4.00. The van der Waals surface area contributed by atoms with Gasteiger partial charge in [-0.05, 0) is 23.6 Å². The molecule has 0 radical (unpaired) electrons. The van der Waals surface area contributed by atoms with Gasteiger partial charge in [-0.1, -0.05) is 91.0 Å². The fourth-order valence-electron chi connectivity index (χ4n) is 5.75. The predicted molar refractivity (Wildman–Crippen MR) is 130 cm³/mol. The maximum atomic E-state index is 13.8. The van der Waals surface area contributed by atoms with Crippen molar-refractivity contribution < 1.29 is 14.4 Å². The van der Waals surface area contributed by atoms with E-state index >= 15 is 0 Å². The zero-order valence-corrected chi connectivity index (χ0v) is 18.6. The summed E-state index contributed by atoms with van der Waals surface area (Å²) in [4.78, 5) is 44.6. The first kappa shape index (κ1) is 20.6. The summed E-state index contributed by atoms with van der Waals surface area (Å²) in [5.74, 6) is -1.79. The minimum atomic E-state index is -0.721. The molecule has 5 heteroatoms. The van der Waals surface area contributed by atoms with Gasteiger partial charge in [0.25, 0.3) is 0 Å². The highest BCUT2D eigenvalue weighted by molar-refractivity contribution is 6.14. The lowest BCUT2D eigenvalue weighted by Gasteiger charge is -2.36. The Kier molecular flexibility index (Phi) is 4.91. The topological polar surface area (TPSA) is 57.7 Å². The number of anilines is 1. The average Bonchev–Trinajstić information content (AvgIpc) is 3.36. The van der Waals surface area contributed by atoms with Crippen LogP contribution < -0.4 is 4.90 Å². The van der Waals surface area contributed by atoms with E-state index < -0.39 is 17.9 Å². The number of hydrogen-bond acceptors (Lipinski definition) is 4. The van der Waals surface area contributed by atoms with Gasteiger partial charge in [0.05, 0.1) is 17.9 Å². The zero-order valence-electron chi connectivity index (χ0n) is 18.6. The second-order valence-electron chi connectivity index (χ2n) is 9.11. The molecule has 2 fully saturated rings. The number of ketones is 1. The Bertz CT molecular complexity index is 1300. The molecule has 0 N–H and O–H groups in total. The standard InChI is InChI=1S/C29H24N2O3/c32-27(21-12-5-2-6-13-21)26-25-24(23-16-15-20-11-7-8-14-22(20)31(23)26)28(33)30(29(25)34)18-17-19-9-3-1-4-10-19/h1-16,23-26H,17-18H2/t23-,24+,25-,26+/m1/s1. The van der Waals surface area contributed by atoms with Crippen molar-refractivity contribution in [2.24, 2.45) is 11.8 Å². The molecule has 0 bridgehead atoms. The van der Waals surface area contributed by atoms with Gasteiger partial charge in [-0.25, -0.2) is 0 Å². The van der Waals surface area contributed by atoms with Gasteiger partial charge in [-0.2, -0.15) is 0 Å². The first-order chi connectivity index (χ1) is 16.6. The van der Waals surface area contributed by atoms with Crippen LogP contribution in [0.4, 0.5) is 5.69 Å². The van der Waals surface area contributed by atoms with Gasteiger partial charge in [0.1, 0.15) is 6.04 Å². The quantitative estimate of drug-likeness (QED) is 0.437. The van der Waals surface area contributed by atoms with Gasteiger partial charge in [-0.3, -0.25) is 19.3 Å². The minimum Gasteiger partial charge on any atom is -0.352 e. The second-order valence-corrected chi connectivity index (χ2v) is 9.11. The molecule has 3 heterocycles. The summed E-state index contributed by atoms with van der Waals surface area (Å²) in [6.45, 7) is 0.327. The van der Waals surface area contributed by atoms with Crippen LogP contribution in [0.1, 0.15) is 21.5 Å². The molecule has 168 valence electrons. The highest BCUT2D eigenvalue weighted by Gasteiger charge is 2.63. The molecule has 5 nitrogen and oxygen atoms in total. The molecule has 3 aromatic carbocycles. The van der Waals surface area contributed by atoms with Crippen LogP contribution in [0, 0.1) is 11.8 Å². The second kappa shape index (κ2) is 8.10. The fourth-order valence-corrected chi connectivity index (χ4v) is 5.75. The minimum absolute atomic E-state index is 0.116. The average molecular weight is 449 g/mol. The Morgan fingerprint density at radius 1 is 0.765 bits per heavy atom. The normalized spacial score (nSPS) is 24.7. The van der Waals surface area contributed by atoms with Crippen molar-refractivity contribution in [3.05, 3.63) is 108 Å². The summed E-state index contributed by atoms with van der Waals surface area (Å²) in [6.07, 6.45) is 4.60. The van der Waals surface area contributed by atoms with Crippen molar-refractivity contribution >= 4 is 29.4 Å². The molecule has 0 aliphatic carbocycles. The molecule has 3 aliphatic heterocycles. The molecule has 0 aromatic heterocycles. The van der Waals surface area contributed by atoms with Crippen LogP contribution in [0.2, 0.25) is 0 Å². The molecular weight excluding hydrogens is 424 g/mol. The molecule has 3 aliphatic rings. The van der Waals surface area contributed by atoms with Gasteiger partial charge in [0.15, 0.2) is 5.78 Å². The van der Waals surface area contributed by atoms with Crippen LogP contribution in [0.3, 0.4) is 0 Å². The van der Waals surface area contributed by atoms with Crippen molar-refractivity contribution in [3.8, 4) is 0 Å². The van der Waals surface area contributed by atoms with E-state index in [2.05, 4.69) is 0 Å². The SMILES string of the molecule is O=C(c1ccccc1)[C@@H]1[C@@H]2C(=O)N(CCc3ccccc3)C(=O)[C@H]2[C@H]2C=Cc3ccccc3N21. The summed E-state index contributed by atoms with van der Waals surface area (Å²) in [5, 5.41) is 0. The summed E-state index contributed by atoms with van der Waals surface area (Å²) >= 11 is 0. The Morgan fingerprint density at radius 3 is 2.18 bits per heavy atom. The number of hydrogen-bond donors (Lipinski definition) is 0. The van der Waals surface area contributed by atoms with E-state index in [1.807, 2.05) is 89.8 Å². The number of likely N-dealkylation sites (tertiary alicyclic amines) is 1. The number of amides is 2. The van der Waals surface area contributed by atoms with Crippen LogP contribution in [-0.4, -0.2) is 41.1 Å². The Labute approximate surface area is 198 Å². The van der Waals surface area contributed by atoms with Gasteiger partial charge >= 0.3 is 0 Å². The molecule has 6 rings (SSSR count). The third-order valence-corrected chi connectivity index (χ3v) is 7.30. The third kappa shape index (κ3) is 3.11. The van der Waals surface area contributed by atoms with Crippen LogP contribution in [0.5, 0.6) is 0 Å². The number of para-hydroxylation sites is 1. The van der Waals surface area contributed by atoms with Gasteiger partial charge in [-0.15, -0.1) is 0 Å². The Balaban J connectivity index is 1.39. The molecule has 2 amide bonds. The third-order valence-electron chi connectivity index (χ3n) is 7.30. The molecule has 2 saturated heterocycles. The number of benzene rings is 3. The highest BCUT2D eigenvalue weighted by atomic mass is 16.2. The summed E-state index contributed by atoms with van der Waals surface area (Å²) in [7, 11) is 0. The molecule has 4 atom stereocenters. The number of Topliss-reactive ketones (excluding diaryl/α,β-unsaturated/α-hetero) is 1. The van der Waals surface area contributed by atoms with Crippen molar-refractivity contribution in [1.82, 2.24) is 4.90 Å². The van der Waals surface area contributed by atoms with Gasteiger partial charge in [0.2, 0.25) is 11.8 Å². The largest absolute Gasteiger partial charge is 0.352 e. The summed E-state index contributed by atoms with van der Waals surface area (Å²) in [6, 6.07) is 25.7. The van der Waals surface area contributed by atoms with Crippen LogP contribution in [-0.2, 0) is 16.0 Å². The monoisotopic (exact) mass is 448 g/mol. The van der Waals surface area contributed by atoms with Crippen molar-refractivity contribution in [3.63, 3.8) is 0 Å². The van der Waals surface area contributed by atoms with E-state index in [0.29, 0.717) is 18.5 Å². The van der Waals surface area contributed by atoms with E-state index in [0.717, 1.165) is 16.8 Å². The Morgan fingerprint density at radius 2 is 1.41 bits per heavy atom. The number of imide groups is 1. The van der Waals surface area contributed by atoms with E-state index in [1.165, 1.54) is 4.90 Å². The zero-order chi connectivity index (χ0) is 23.2. The fraction of sp³-hybridized carbons (Fsp3) is 0.207. The first-order valence-electron chi connectivity index (χ1n) is 11.7. The van der Waals surface area contributed by atoms with Crippen LogP contribution >= 0.6 is 0 Å². The number of nitrogens with zero attached hydrogens (tertiary/aromatic N) is 2. The number of fused-ring (bicyclic) bond motifs is 5. The first-order valence-corrected chi connectivity index (χ1v) is 11.7. The van der Waals surface area contributed by atoms with E-state index in [4.69, 9.17) is 0 Å².